The Morgan fingerprint density at radius 3 is 2.33 bits per heavy atom. The third kappa shape index (κ3) is 4.12. The van der Waals surface area contributed by atoms with Crippen LogP contribution in [0.25, 0.3) is 17.1 Å². The molecular weight excluding hydrogens is 379 g/mol. The normalized spacial score (nSPS) is 10.7. The number of rotatable bonds is 6. The first kappa shape index (κ1) is 19.5. The summed E-state index contributed by atoms with van der Waals surface area (Å²) in [5.74, 6) is 0.0744. The molecule has 0 saturated carbocycles. The smallest absolute Gasteiger partial charge is 0.293 e. The maximum absolute atomic E-state index is 13.5. The van der Waals surface area contributed by atoms with E-state index in [1.165, 1.54) is 12.1 Å². The molecule has 0 saturated heterocycles. The molecule has 150 valence electrons. The molecule has 0 fully saturated rings. The molecule has 0 N–H and O–H groups in total. The standard InChI is InChI=1S/C24H21FN4O/c1-2-28(17-18-10-9-13-20(25)16-18)24(30)22-26-23(19-11-5-3-6-12-19)29(27-22)21-14-7-4-8-15-21/h3-16H,2,17H2,1H3. The maximum Gasteiger partial charge on any atom is 0.293 e. The molecule has 30 heavy (non-hydrogen) atoms. The molecule has 0 radical (unpaired) electrons. The van der Waals surface area contributed by atoms with Gasteiger partial charge in [-0.3, -0.25) is 4.79 Å². The molecule has 0 spiro atoms. The Bertz CT molecular complexity index is 1090. The van der Waals surface area contributed by atoms with Crippen LogP contribution < -0.4 is 0 Å². The van der Waals surface area contributed by atoms with Crippen LogP contribution in [0.3, 0.4) is 0 Å². The summed E-state index contributed by atoms with van der Waals surface area (Å²) < 4.78 is 15.2. The highest BCUT2D eigenvalue weighted by atomic mass is 19.1. The monoisotopic (exact) mass is 400 g/mol. The van der Waals surface area contributed by atoms with E-state index in [1.54, 1.807) is 21.7 Å². The lowest BCUT2D eigenvalue weighted by Crippen LogP contribution is -2.31. The van der Waals surface area contributed by atoms with Gasteiger partial charge in [-0.15, -0.1) is 5.10 Å². The van der Waals surface area contributed by atoms with Crippen molar-refractivity contribution in [2.24, 2.45) is 0 Å². The fourth-order valence-corrected chi connectivity index (χ4v) is 3.25. The zero-order valence-corrected chi connectivity index (χ0v) is 16.6. The third-order valence-electron chi connectivity index (χ3n) is 4.76. The molecule has 3 aromatic carbocycles. The Morgan fingerprint density at radius 1 is 0.967 bits per heavy atom. The van der Waals surface area contributed by atoms with Crippen molar-refractivity contribution in [2.75, 3.05) is 6.54 Å². The minimum atomic E-state index is -0.325. The van der Waals surface area contributed by atoms with Crippen LogP contribution >= 0.6 is 0 Å². The number of aromatic nitrogens is 3. The Kier molecular flexibility index (Phi) is 5.66. The highest BCUT2D eigenvalue weighted by Gasteiger charge is 2.23. The maximum atomic E-state index is 13.5. The number of carbonyl (C=O) groups is 1. The molecule has 0 aliphatic rings. The fourth-order valence-electron chi connectivity index (χ4n) is 3.25. The van der Waals surface area contributed by atoms with Crippen molar-refractivity contribution >= 4 is 5.91 Å². The van der Waals surface area contributed by atoms with Crippen LogP contribution in [0.4, 0.5) is 4.39 Å². The van der Waals surface area contributed by atoms with E-state index in [1.807, 2.05) is 67.6 Å². The van der Waals surface area contributed by atoms with Gasteiger partial charge >= 0.3 is 0 Å². The van der Waals surface area contributed by atoms with Gasteiger partial charge in [0.25, 0.3) is 5.91 Å². The van der Waals surface area contributed by atoms with Gasteiger partial charge in [-0.25, -0.2) is 14.1 Å². The van der Waals surface area contributed by atoms with Crippen LogP contribution in [-0.2, 0) is 6.54 Å². The summed E-state index contributed by atoms with van der Waals surface area (Å²) in [6.45, 7) is 2.62. The van der Waals surface area contributed by atoms with Crippen LogP contribution in [0.15, 0.2) is 84.9 Å². The summed E-state index contributed by atoms with van der Waals surface area (Å²) in [6.07, 6.45) is 0. The first-order valence-corrected chi connectivity index (χ1v) is 9.77. The van der Waals surface area contributed by atoms with E-state index in [0.29, 0.717) is 12.4 Å². The molecular formula is C24H21FN4O. The van der Waals surface area contributed by atoms with Gasteiger partial charge in [-0.05, 0) is 36.8 Å². The molecule has 5 nitrogen and oxygen atoms in total. The van der Waals surface area contributed by atoms with Gasteiger partial charge in [0.1, 0.15) is 5.82 Å². The molecule has 0 aliphatic heterocycles. The van der Waals surface area contributed by atoms with E-state index in [-0.39, 0.29) is 24.1 Å². The summed E-state index contributed by atoms with van der Waals surface area (Å²) in [7, 11) is 0. The first-order valence-electron chi connectivity index (χ1n) is 9.77. The summed E-state index contributed by atoms with van der Waals surface area (Å²) in [4.78, 5) is 19.4. The Labute approximate surface area is 174 Å². The zero-order valence-electron chi connectivity index (χ0n) is 16.6. The van der Waals surface area contributed by atoms with E-state index in [0.717, 1.165) is 16.8 Å². The molecule has 4 rings (SSSR count). The number of nitrogens with zero attached hydrogens (tertiary/aromatic N) is 4. The van der Waals surface area contributed by atoms with Gasteiger partial charge in [-0.1, -0.05) is 60.7 Å². The summed E-state index contributed by atoms with van der Waals surface area (Å²) in [5, 5.41) is 4.53. The van der Waals surface area contributed by atoms with Gasteiger partial charge in [-0.2, -0.15) is 0 Å². The quantitative estimate of drug-likeness (QED) is 0.470. The number of benzene rings is 3. The lowest BCUT2D eigenvalue weighted by Gasteiger charge is -2.19. The first-order chi connectivity index (χ1) is 14.7. The highest BCUT2D eigenvalue weighted by Crippen LogP contribution is 2.22. The molecule has 1 aromatic heterocycles. The Balaban J connectivity index is 1.71. The number of hydrogen-bond donors (Lipinski definition) is 0. The predicted octanol–water partition coefficient (Wildman–Crippen LogP) is 4.74. The van der Waals surface area contributed by atoms with Gasteiger partial charge in [0.05, 0.1) is 5.69 Å². The van der Waals surface area contributed by atoms with Crippen molar-refractivity contribution in [3.05, 3.63) is 102 Å². The average Bonchev–Trinajstić information content (AvgIpc) is 3.24. The molecule has 0 atom stereocenters. The SMILES string of the molecule is CCN(Cc1cccc(F)c1)C(=O)c1nc(-c2ccccc2)n(-c2ccccc2)n1. The van der Waals surface area contributed by atoms with Crippen molar-refractivity contribution in [2.45, 2.75) is 13.5 Å². The lowest BCUT2D eigenvalue weighted by atomic mass is 10.2. The molecule has 6 heteroatoms. The second kappa shape index (κ2) is 8.69. The number of amides is 1. The number of hydrogen-bond acceptors (Lipinski definition) is 3. The molecule has 0 unspecified atom stereocenters. The predicted molar refractivity (Wildman–Crippen MR) is 114 cm³/mol. The fraction of sp³-hybridized carbons (Fsp3) is 0.125. The minimum Gasteiger partial charge on any atom is -0.332 e. The van der Waals surface area contributed by atoms with Crippen molar-refractivity contribution < 1.29 is 9.18 Å². The molecule has 1 amide bonds. The van der Waals surface area contributed by atoms with Crippen molar-refractivity contribution in [1.82, 2.24) is 19.7 Å². The topological polar surface area (TPSA) is 51.0 Å². The number of carbonyl (C=O) groups excluding carboxylic acids is 1. The lowest BCUT2D eigenvalue weighted by molar-refractivity contribution is 0.0740. The van der Waals surface area contributed by atoms with Gasteiger partial charge in [0, 0.05) is 18.7 Å². The van der Waals surface area contributed by atoms with Gasteiger partial charge < -0.3 is 4.90 Å². The summed E-state index contributed by atoms with van der Waals surface area (Å²) >= 11 is 0. The van der Waals surface area contributed by atoms with Gasteiger partial charge in [0.15, 0.2) is 5.82 Å². The third-order valence-corrected chi connectivity index (χ3v) is 4.76. The van der Waals surface area contributed by atoms with Crippen LogP contribution in [0.5, 0.6) is 0 Å². The van der Waals surface area contributed by atoms with Crippen molar-refractivity contribution in [1.29, 1.82) is 0 Å². The van der Waals surface area contributed by atoms with Crippen LogP contribution in [0.1, 0.15) is 23.1 Å². The van der Waals surface area contributed by atoms with E-state index in [2.05, 4.69) is 10.1 Å². The largest absolute Gasteiger partial charge is 0.332 e. The Morgan fingerprint density at radius 2 is 1.67 bits per heavy atom. The van der Waals surface area contributed by atoms with Gasteiger partial charge in [0.2, 0.25) is 5.82 Å². The van der Waals surface area contributed by atoms with Crippen LogP contribution in [-0.4, -0.2) is 32.1 Å². The summed E-state index contributed by atoms with van der Waals surface area (Å²) in [6, 6.07) is 25.5. The van der Waals surface area contributed by atoms with E-state index in [9.17, 15) is 9.18 Å². The molecule has 4 aromatic rings. The van der Waals surface area contributed by atoms with E-state index in [4.69, 9.17) is 0 Å². The van der Waals surface area contributed by atoms with Crippen LogP contribution in [0.2, 0.25) is 0 Å². The molecule has 1 heterocycles. The number of para-hydroxylation sites is 1. The summed E-state index contributed by atoms with van der Waals surface area (Å²) in [5.41, 5.74) is 2.40. The average molecular weight is 400 g/mol. The molecule has 0 bridgehead atoms. The van der Waals surface area contributed by atoms with Crippen molar-refractivity contribution in [3.8, 4) is 17.1 Å². The van der Waals surface area contributed by atoms with E-state index >= 15 is 0 Å². The minimum absolute atomic E-state index is 0.107. The second-order valence-corrected chi connectivity index (χ2v) is 6.82. The van der Waals surface area contributed by atoms with E-state index < -0.39 is 0 Å². The molecule has 0 aliphatic carbocycles. The highest BCUT2D eigenvalue weighted by molar-refractivity contribution is 5.91. The Hall–Kier alpha value is -3.80. The number of halogens is 1. The second-order valence-electron chi connectivity index (χ2n) is 6.82. The van der Waals surface area contributed by atoms with Crippen LogP contribution in [0, 0.1) is 5.82 Å². The van der Waals surface area contributed by atoms with Crippen molar-refractivity contribution in [3.63, 3.8) is 0 Å². The zero-order chi connectivity index (χ0) is 20.9.